The normalized spacial score (nSPS) is 25.9. The summed E-state index contributed by atoms with van der Waals surface area (Å²) in [6.45, 7) is 6.99. The maximum atomic E-state index is 5.53. The number of aromatic nitrogens is 2. The molecule has 0 aliphatic carbocycles. The zero-order valence-electron chi connectivity index (χ0n) is 10.1. The molecule has 16 heavy (non-hydrogen) atoms. The number of ether oxygens (including phenoxy) is 1. The molecule has 0 radical (unpaired) electrons. The smallest absolute Gasteiger partial charge is 0.0561 e. The first-order valence-electron chi connectivity index (χ1n) is 6.15. The van der Waals surface area contributed by atoms with Gasteiger partial charge in [-0.15, -0.1) is 0 Å². The highest BCUT2D eigenvalue weighted by atomic mass is 16.5. The zero-order chi connectivity index (χ0) is 11.4. The summed E-state index contributed by atoms with van der Waals surface area (Å²) in [5, 5.41) is 7.85. The molecule has 1 aromatic heterocycles. The first-order chi connectivity index (χ1) is 7.79. The molecule has 0 amide bonds. The van der Waals surface area contributed by atoms with E-state index in [0.717, 1.165) is 32.5 Å². The van der Waals surface area contributed by atoms with Gasteiger partial charge >= 0.3 is 0 Å². The van der Waals surface area contributed by atoms with E-state index in [2.05, 4.69) is 30.3 Å². The molecule has 90 valence electrons. The van der Waals surface area contributed by atoms with Crippen molar-refractivity contribution in [2.24, 2.45) is 0 Å². The van der Waals surface area contributed by atoms with Crippen molar-refractivity contribution in [3.05, 3.63) is 18.0 Å². The molecule has 2 heterocycles. The van der Waals surface area contributed by atoms with Crippen LogP contribution in [0.2, 0.25) is 0 Å². The Balaban J connectivity index is 1.82. The lowest BCUT2D eigenvalue weighted by atomic mass is 10.0. The predicted octanol–water partition coefficient (Wildman–Crippen LogP) is 1.56. The van der Waals surface area contributed by atoms with Crippen LogP contribution in [0, 0.1) is 0 Å². The van der Waals surface area contributed by atoms with Crippen LogP contribution in [0.25, 0.3) is 0 Å². The molecule has 1 aromatic rings. The number of rotatable bonds is 4. The van der Waals surface area contributed by atoms with E-state index in [1.54, 1.807) is 0 Å². The standard InChI is InChI=1S/C12H21N3O/c1-3-15-12(4-6-14-15)9-13-11-5-7-16-10(2)8-11/h4,6,10-11,13H,3,5,7-9H2,1-2H3. The van der Waals surface area contributed by atoms with E-state index in [9.17, 15) is 0 Å². The third-order valence-electron chi connectivity index (χ3n) is 3.16. The molecule has 2 atom stereocenters. The quantitative estimate of drug-likeness (QED) is 0.842. The third kappa shape index (κ3) is 2.83. The van der Waals surface area contributed by atoms with Crippen LogP contribution in [-0.4, -0.2) is 28.5 Å². The summed E-state index contributed by atoms with van der Waals surface area (Å²) in [6.07, 6.45) is 4.49. The molecule has 4 nitrogen and oxygen atoms in total. The molecule has 2 rings (SSSR count). The van der Waals surface area contributed by atoms with Gasteiger partial charge in [0.2, 0.25) is 0 Å². The maximum Gasteiger partial charge on any atom is 0.0561 e. The number of hydrogen-bond donors (Lipinski definition) is 1. The molecule has 2 unspecified atom stereocenters. The second-order valence-corrected chi connectivity index (χ2v) is 4.42. The fraction of sp³-hybridized carbons (Fsp3) is 0.750. The molecule has 0 spiro atoms. The van der Waals surface area contributed by atoms with E-state index in [0.29, 0.717) is 12.1 Å². The Labute approximate surface area is 97.0 Å². The van der Waals surface area contributed by atoms with Gasteiger partial charge in [-0.05, 0) is 32.8 Å². The Morgan fingerprint density at radius 1 is 1.62 bits per heavy atom. The minimum atomic E-state index is 0.391. The lowest BCUT2D eigenvalue weighted by Gasteiger charge is -2.28. The van der Waals surface area contributed by atoms with Crippen LogP contribution in [0.4, 0.5) is 0 Å². The van der Waals surface area contributed by atoms with E-state index in [-0.39, 0.29) is 0 Å². The van der Waals surface area contributed by atoms with Crippen molar-refractivity contribution in [2.45, 2.75) is 51.9 Å². The molecule has 1 N–H and O–H groups in total. The molecule has 1 aliphatic heterocycles. The highest BCUT2D eigenvalue weighted by molar-refractivity contribution is 5.00. The third-order valence-corrected chi connectivity index (χ3v) is 3.16. The van der Waals surface area contributed by atoms with Crippen molar-refractivity contribution in [3.8, 4) is 0 Å². The van der Waals surface area contributed by atoms with Crippen molar-refractivity contribution >= 4 is 0 Å². The number of aryl methyl sites for hydroxylation is 1. The summed E-state index contributed by atoms with van der Waals surface area (Å²) in [4.78, 5) is 0. The summed E-state index contributed by atoms with van der Waals surface area (Å²) in [5.74, 6) is 0. The van der Waals surface area contributed by atoms with E-state index >= 15 is 0 Å². The predicted molar refractivity (Wildman–Crippen MR) is 63.2 cm³/mol. The van der Waals surface area contributed by atoms with Crippen LogP contribution in [0.5, 0.6) is 0 Å². The largest absolute Gasteiger partial charge is 0.378 e. The summed E-state index contributed by atoms with van der Waals surface area (Å²) >= 11 is 0. The molecule has 1 saturated heterocycles. The van der Waals surface area contributed by atoms with Gasteiger partial charge in [0, 0.05) is 31.9 Å². The van der Waals surface area contributed by atoms with Crippen LogP contribution < -0.4 is 5.32 Å². The Morgan fingerprint density at radius 2 is 2.50 bits per heavy atom. The molecule has 0 aromatic carbocycles. The second-order valence-electron chi connectivity index (χ2n) is 4.42. The molecule has 1 aliphatic rings. The Bertz CT molecular complexity index is 324. The molecular weight excluding hydrogens is 202 g/mol. The van der Waals surface area contributed by atoms with Crippen LogP contribution in [0.1, 0.15) is 32.4 Å². The maximum absolute atomic E-state index is 5.53. The van der Waals surface area contributed by atoms with Gasteiger partial charge in [0.15, 0.2) is 0 Å². The fourth-order valence-electron chi connectivity index (χ4n) is 2.23. The molecular formula is C12H21N3O. The van der Waals surface area contributed by atoms with Gasteiger partial charge in [-0.3, -0.25) is 4.68 Å². The van der Waals surface area contributed by atoms with Crippen LogP contribution in [0.3, 0.4) is 0 Å². The number of nitrogens with zero attached hydrogens (tertiary/aromatic N) is 2. The SMILES string of the molecule is CCn1nccc1CNC1CCOC(C)C1. The van der Waals surface area contributed by atoms with Gasteiger partial charge in [0.05, 0.1) is 11.8 Å². The van der Waals surface area contributed by atoms with Crippen molar-refractivity contribution in [1.82, 2.24) is 15.1 Å². The van der Waals surface area contributed by atoms with E-state index < -0.39 is 0 Å². The van der Waals surface area contributed by atoms with E-state index in [1.807, 2.05) is 10.9 Å². The summed E-state index contributed by atoms with van der Waals surface area (Å²) in [7, 11) is 0. The summed E-state index contributed by atoms with van der Waals surface area (Å²) in [5.41, 5.74) is 1.27. The van der Waals surface area contributed by atoms with Crippen molar-refractivity contribution < 1.29 is 4.74 Å². The van der Waals surface area contributed by atoms with Crippen molar-refractivity contribution in [3.63, 3.8) is 0 Å². The Hall–Kier alpha value is -0.870. The van der Waals surface area contributed by atoms with Crippen molar-refractivity contribution in [1.29, 1.82) is 0 Å². The average Bonchev–Trinajstić information content (AvgIpc) is 2.74. The average molecular weight is 223 g/mol. The topological polar surface area (TPSA) is 39.1 Å². The van der Waals surface area contributed by atoms with Gasteiger partial charge in [-0.1, -0.05) is 0 Å². The fourth-order valence-corrected chi connectivity index (χ4v) is 2.23. The highest BCUT2D eigenvalue weighted by Gasteiger charge is 2.18. The Morgan fingerprint density at radius 3 is 3.25 bits per heavy atom. The van der Waals surface area contributed by atoms with Gasteiger partial charge in [0.1, 0.15) is 0 Å². The van der Waals surface area contributed by atoms with Crippen molar-refractivity contribution in [2.75, 3.05) is 6.61 Å². The van der Waals surface area contributed by atoms with E-state index in [1.165, 1.54) is 5.69 Å². The second kappa shape index (κ2) is 5.46. The lowest BCUT2D eigenvalue weighted by Crippen LogP contribution is -2.37. The number of hydrogen-bond acceptors (Lipinski definition) is 3. The summed E-state index contributed by atoms with van der Waals surface area (Å²) < 4.78 is 7.57. The van der Waals surface area contributed by atoms with Gasteiger partial charge < -0.3 is 10.1 Å². The minimum Gasteiger partial charge on any atom is -0.378 e. The van der Waals surface area contributed by atoms with Crippen LogP contribution in [0.15, 0.2) is 12.3 Å². The summed E-state index contributed by atoms with van der Waals surface area (Å²) in [6, 6.07) is 2.67. The molecule has 4 heteroatoms. The molecule has 1 fully saturated rings. The van der Waals surface area contributed by atoms with Gasteiger partial charge in [-0.25, -0.2) is 0 Å². The van der Waals surface area contributed by atoms with E-state index in [4.69, 9.17) is 4.74 Å². The number of nitrogens with one attached hydrogen (secondary N) is 1. The van der Waals surface area contributed by atoms with Crippen LogP contribution >= 0.6 is 0 Å². The first kappa shape index (κ1) is 11.6. The first-order valence-corrected chi connectivity index (χ1v) is 6.15. The monoisotopic (exact) mass is 223 g/mol. The zero-order valence-corrected chi connectivity index (χ0v) is 10.1. The molecule has 0 bridgehead atoms. The Kier molecular flexibility index (Phi) is 3.96. The lowest BCUT2D eigenvalue weighted by molar-refractivity contribution is 0.0129. The van der Waals surface area contributed by atoms with Crippen LogP contribution in [-0.2, 0) is 17.8 Å². The van der Waals surface area contributed by atoms with Gasteiger partial charge in [-0.2, -0.15) is 5.10 Å². The highest BCUT2D eigenvalue weighted by Crippen LogP contribution is 2.13. The van der Waals surface area contributed by atoms with Gasteiger partial charge in [0.25, 0.3) is 0 Å². The molecule has 0 saturated carbocycles. The minimum absolute atomic E-state index is 0.391.